The van der Waals surface area contributed by atoms with Crippen LogP contribution >= 0.6 is 0 Å². The number of halogens is 8. The van der Waals surface area contributed by atoms with Gasteiger partial charge < -0.3 is 15.6 Å². The number of rotatable bonds is 5. The molecule has 1 amide bonds. The molecular formula is C21H23F8N3O5. The van der Waals surface area contributed by atoms with Crippen LogP contribution in [0.5, 0.6) is 0 Å². The zero-order valence-corrected chi connectivity index (χ0v) is 20.0. The molecule has 208 valence electrons. The van der Waals surface area contributed by atoms with Crippen molar-refractivity contribution >= 4 is 23.6 Å². The highest BCUT2D eigenvalue weighted by atomic mass is 19.4. The predicted octanol–water partition coefficient (Wildman–Crippen LogP) is 3.47. The van der Waals surface area contributed by atoms with Gasteiger partial charge in [-0.15, -0.1) is 0 Å². The van der Waals surface area contributed by atoms with Gasteiger partial charge in [-0.2, -0.15) is 30.7 Å². The van der Waals surface area contributed by atoms with E-state index in [1.165, 1.54) is 27.8 Å². The molecule has 1 heterocycles. The number of hydrogen-bond donors (Lipinski definition) is 2. The molecule has 0 saturated carbocycles. The van der Waals surface area contributed by atoms with Crippen LogP contribution in [0.2, 0.25) is 0 Å². The zero-order valence-electron chi connectivity index (χ0n) is 20.0. The van der Waals surface area contributed by atoms with Crippen molar-refractivity contribution in [2.75, 3.05) is 14.2 Å². The Hall–Kier alpha value is -3.30. The quantitative estimate of drug-likeness (QED) is 0.543. The highest BCUT2D eigenvalue weighted by molar-refractivity contribution is 6.01. The molecule has 0 saturated heterocycles. The summed E-state index contributed by atoms with van der Waals surface area (Å²) in [5, 5.41) is 7.12. The molecule has 0 aromatic heterocycles. The second-order valence-electron chi connectivity index (χ2n) is 8.55. The number of carbonyl (C=O) groups is 3. The number of alkyl halides is 7. The molecule has 0 spiro atoms. The van der Waals surface area contributed by atoms with E-state index in [-0.39, 0.29) is 17.1 Å². The number of nitrogens with two attached hydrogens (primary N) is 1. The number of amides is 1. The summed E-state index contributed by atoms with van der Waals surface area (Å²) < 4.78 is 103. The third-order valence-electron chi connectivity index (χ3n) is 5.91. The second-order valence-corrected chi connectivity index (χ2v) is 8.55. The van der Waals surface area contributed by atoms with Gasteiger partial charge in [0.2, 0.25) is 11.7 Å². The molecule has 8 nitrogen and oxygen atoms in total. The topological polar surface area (TPSA) is 122 Å². The van der Waals surface area contributed by atoms with Crippen LogP contribution in [0.15, 0.2) is 23.2 Å². The van der Waals surface area contributed by atoms with Gasteiger partial charge >= 0.3 is 24.2 Å². The number of methoxy groups -OCH3 is 1. The normalized spacial score (nSPS) is 21.4. The first-order chi connectivity index (χ1) is 16.5. The number of ether oxygens (including phenoxy) is 1. The Labute approximate surface area is 205 Å². The lowest BCUT2D eigenvalue weighted by Crippen LogP contribution is -2.58. The number of benzene rings is 1. The van der Waals surface area contributed by atoms with Crippen molar-refractivity contribution in [3.8, 4) is 0 Å². The van der Waals surface area contributed by atoms with Crippen LogP contribution in [0.25, 0.3) is 0 Å². The Balaban J connectivity index is 0.000000856. The van der Waals surface area contributed by atoms with E-state index < -0.39 is 59.1 Å². The smallest absolute Gasteiger partial charge is 0.475 e. The number of guanidine groups is 1. The molecule has 37 heavy (non-hydrogen) atoms. The number of ketones is 1. The lowest BCUT2D eigenvalue weighted by atomic mass is 9.67. The van der Waals surface area contributed by atoms with E-state index in [9.17, 15) is 44.7 Å². The van der Waals surface area contributed by atoms with E-state index in [0.717, 1.165) is 23.1 Å². The van der Waals surface area contributed by atoms with E-state index in [1.807, 2.05) is 0 Å². The number of aliphatic imine (C=N–C) groups is 1. The molecule has 0 fully saturated rings. The fourth-order valence-electron chi connectivity index (χ4n) is 3.31. The average Bonchev–Trinajstić information content (AvgIpc) is 2.76. The number of Topliss-reactive ketones (excluding diaryl/α,β-unsaturated/α-hetero) is 1. The Kier molecular flexibility index (Phi) is 8.77. The summed E-state index contributed by atoms with van der Waals surface area (Å²) in [6.07, 6.45) is -11.7. The fourth-order valence-corrected chi connectivity index (χ4v) is 3.31. The van der Waals surface area contributed by atoms with E-state index in [4.69, 9.17) is 15.6 Å². The number of aliphatic carboxylic acids is 1. The maximum Gasteiger partial charge on any atom is 0.490 e. The minimum Gasteiger partial charge on any atom is -0.475 e. The molecular weight excluding hydrogens is 526 g/mol. The Bertz CT molecular complexity index is 1100. The second kappa shape index (κ2) is 10.2. The Morgan fingerprint density at radius 3 is 2.00 bits per heavy atom. The number of carboxylic acids is 1. The van der Waals surface area contributed by atoms with Gasteiger partial charge in [-0.3, -0.25) is 14.5 Å². The largest absolute Gasteiger partial charge is 0.490 e. The van der Waals surface area contributed by atoms with Crippen LogP contribution in [-0.2, 0) is 31.1 Å². The molecule has 1 unspecified atom stereocenters. The molecule has 0 aliphatic carbocycles. The molecule has 1 aromatic carbocycles. The zero-order chi connectivity index (χ0) is 29.4. The van der Waals surface area contributed by atoms with Gasteiger partial charge in [0.05, 0.1) is 5.41 Å². The fraction of sp³-hybridized carbons (Fsp3) is 0.524. The van der Waals surface area contributed by atoms with E-state index >= 15 is 0 Å². The lowest BCUT2D eigenvalue weighted by molar-refractivity contribution is -0.306. The molecule has 2 rings (SSSR count). The van der Waals surface area contributed by atoms with E-state index in [1.54, 1.807) is 0 Å². The number of hydrogen-bond acceptors (Lipinski definition) is 6. The maximum atomic E-state index is 14.7. The lowest BCUT2D eigenvalue weighted by Gasteiger charge is -2.46. The molecule has 2 atom stereocenters. The highest BCUT2D eigenvalue weighted by Crippen LogP contribution is 2.47. The van der Waals surface area contributed by atoms with Gasteiger partial charge in [0.25, 0.3) is 0 Å². The van der Waals surface area contributed by atoms with E-state index in [2.05, 4.69) is 9.73 Å². The molecule has 0 radical (unpaired) electrons. The predicted molar refractivity (Wildman–Crippen MR) is 111 cm³/mol. The van der Waals surface area contributed by atoms with Crippen molar-refractivity contribution in [1.29, 1.82) is 0 Å². The molecule has 16 heteroatoms. The van der Waals surface area contributed by atoms with Crippen LogP contribution < -0.4 is 5.73 Å². The first-order valence-corrected chi connectivity index (χ1v) is 10.0. The number of nitrogens with zero attached hydrogens (tertiary/aromatic N) is 2. The van der Waals surface area contributed by atoms with Crippen molar-refractivity contribution in [2.24, 2.45) is 16.1 Å². The van der Waals surface area contributed by atoms with Crippen molar-refractivity contribution < 1.29 is 59.4 Å². The summed E-state index contributed by atoms with van der Waals surface area (Å²) in [5.74, 6) is -10.6. The first kappa shape index (κ1) is 31.7. The number of carbonyl (C=O) groups excluding carboxylic acids is 2. The Morgan fingerprint density at radius 2 is 1.59 bits per heavy atom. The highest BCUT2D eigenvalue weighted by Gasteiger charge is 2.62. The average molecular weight is 549 g/mol. The summed E-state index contributed by atoms with van der Waals surface area (Å²) in [6.45, 7) is 4.47. The summed E-state index contributed by atoms with van der Waals surface area (Å²) >= 11 is 0. The standard InChI is InChI=1S/C19H22F5N3O3.C2HF3O2/c1-16(2)14(29)27(4)15(25)26-17(16,3)11-8-10(6-7-12(11)20)9-13(28)18(21,30-5)19(22,23)24;3-2(4,5)1(6)7/h6-8H,9H2,1-5H3,(H2,25,26);(H,6,7)/t17-,18?;/m1./s1. The SMILES string of the molecule is COC(F)(C(=O)Cc1ccc(F)c([C@@]2(C)N=C(N)N(C)C(=O)C2(C)C)c1)C(F)(F)F.O=C(O)C(F)(F)F. The summed E-state index contributed by atoms with van der Waals surface area (Å²) in [7, 11) is 1.82. The van der Waals surface area contributed by atoms with Gasteiger partial charge in [-0.1, -0.05) is 6.07 Å². The van der Waals surface area contributed by atoms with Gasteiger partial charge in [-0.05, 0) is 38.5 Å². The van der Waals surface area contributed by atoms with Gasteiger partial charge in [0.15, 0.2) is 5.96 Å². The third-order valence-corrected chi connectivity index (χ3v) is 5.91. The minimum absolute atomic E-state index is 0.114. The van der Waals surface area contributed by atoms with Crippen LogP contribution in [0, 0.1) is 11.2 Å². The monoisotopic (exact) mass is 549 g/mol. The van der Waals surface area contributed by atoms with Gasteiger partial charge in [0.1, 0.15) is 11.4 Å². The summed E-state index contributed by atoms with van der Waals surface area (Å²) in [5.41, 5.74) is 2.66. The van der Waals surface area contributed by atoms with Gasteiger partial charge in [0, 0.05) is 26.1 Å². The molecule has 0 bridgehead atoms. The van der Waals surface area contributed by atoms with Crippen LogP contribution in [0.3, 0.4) is 0 Å². The number of carboxylic acid groups (broad SMARTS) is 1. The maximum absolute atomic E-state index is 14.7. The van der Waals surface area contributed by atoms with Gasteiger partial charge in [-0.25, -0.2) is 14.2 Å². The van der Waals surface area contributed by atoms with Crippen molar-refractivity contribution in [3.63, 3.8) is 0 Å². The molecule has 1 aliphatic heterocycles. The molecule has 1 aromatic rings. The third kappa shape index (κ3) is 5.99. The van der Waals surface area contributed by atoms with Crippen molar-refractivity contribution in [3.05, 3.63) is 35.1 Å². The van der Waals surface area contributed by atoms with E-state index in [0.29, 0.717) is 7.11 Å². The van der Waals surface area contributed by atoms with Crippen LogP contribution in [0.4, 0.5) is 35.1 Å². The first-order valence-electron chi connectivity index (χ1n) is 10.0. The van der Waals surface area contributed by atoms with Crippen molar-refractivity contribution in [1.82, 2.24) is 4.90 Å². The van der Waals surface area contributed by atoms with Crippen LogP contribution in [0.1, 0.15) is 31.9 Å². The molecule has 1 aliphatic rings. The van der Waals surface area contributed by atoms with Crippen LogP contribution in [-0.4, -0.2) is 66.0 Å². The summed E-state index contributed by atoms with van der Waals surface area (Å²) in [6, 6.07) is 3.04. The minimum atomic E-state index is -5.59. The van der Waals surface area contributed by atoms with Crippen molar-refractivity contribution in [2.45, 2.75) is 50.9 Å². The summed E-state index contributed by atoms with van der Waals surface area (Å²) in [4.78, 5) is 39.0. The Morgan fingerprint density at radius 1 is 1.11 bits per heavy atom. The molecule has 3 N–H and O–H groups in total.